The van der Waals surface area contributed by atoms with Crippen molar-refractivity contribution in [3.8, 4) is 0 Å². The summed E-state index contributed by atoms with van der Waals surface area (Å²) in [7, 11) is 0. The van der Waals surface area contributed by atoms with Crippen LogP contribution in [-0.4, -0.2) is 16.5 Å². The summed E-state index contributed by atoms with van der Waals surface area (Å²) in [6.07, 6.45) is 1.71. The van der Waals surface area contributed by atoms with Crippen LogP contribution in [0.25, 0.3) is 0 Å². The number of pyridine rings is 1. The zero-order chi connectivity index (χ0) is 13.0. The summed E-state index contributed by atoms with van der Waals surface area (Å²) in [5, 5.41) is 1.39. The van der Waals surface area contributed by atoms with Gasteiger partial charge in [0.25, 0.3) is 0 Å². The minimum absolute atomic E-state index is 0.0417. The lowest BCUT2D eigenvalue weighted by Gasteiger charge is -2.03. The first-order chi connectivity index (χ1) is 8.66. The van der Waals surface area contributed by atoms with Gasteiger partial charge in [-0.1, -0.05) is 35.5 Å². The zero-order valence-electron chi connectivity index (χ0n) is 9.27. The van der Waals surface area contributed by atoms with E-state index in [1.54, 1.807) is 30.5 Å². The Morgan fingerprint density at radius 3 is 2.89 bits per heavy atom. The predicted octanol–water partition coefficient (Wildman–Crippen LogP) is 4.47. The third-order valence-electron chi connectivity index (χ3n) is 2.21. The van der Waals surface area contributed by atoms with Gasteiger partial charge in [0.05, 0.1) is 5.75 Å². The highest BCUT2D eigenvalue weighted by Crippen LogP contribution is 2.25. The molecule has 0 radical (unpaired) electrons. The van der Waals surface area contributed by atoms with E-state index in [9.17, 15) is 4.79 Å². The van der Waals surface area contributed by atoms with Gasteiger partial charge in [0.1, 0.15) is 5.03 Å². The van der Waals surface area contributed by atoms with Crippen LogP contribution in [0.1, 0.15) is 10.4 Å². The molecular formula is C13H9BrClNOS. The van der Waals surface area contributed by atoms with Crippen molar-refractivity contribution in [2.75, 3.05) is 5.75 Å². The van der Waals surface area contributed by atoms with Crippen molar-refractivity contribution >= 4 is 45.1 Å². The molecule has 0 atom stereocenters. The molecule has 0 fully saturated rings. The number of thioether (sulfide) groups is 1. The molecule has 18 heavy (non-hydrogen) atoms. The van der Waals surface area contributed by atoms with Gasteiger partial charge < -0.3 is 0 Å². The van der Waals surface area contributed by atoms with Crippen LogP contribution in [0.5, 0.6) is 0 Å². The number of carbonyl (C=O) groups is 1. The average molecular weight is 343 g/mol. The van der Waals surface area contributed by atoms with Crippen molar-refractivity contribution in [1.29, 1.82) is 0 Å². The van der Waals surface area contributed by atoms with E-state index in [1.165, 1.54) is 11.8 Å². The van der Waals surface area contributed by atoms with E-state index in [4.69, 9.17) is 11.6 Å². The lowest BCUT2D eigenvalue weighted by molar-refractivity contribution is 0.102. The molecule has 1 aromatic heterocycles. The van der Waals surface area contributed by atoms with E-state index in [0.29, 0.717) is 16.3 Å². The Kier molecular flexibility index (Phi) is 4.80. The zero-order valence-corrected chi connectivity index (χ0v) is 12.4. The largest absolute Gasteiger partial charge is 0.293 e. The van der Waals surface area contributed by atoms with Gasteiger partial charge >= 0.3 is 0 Å². The topological polar surface area (TPSA) is 30.0 Å². The molecule has 0 unspecified atom stereocenters. The molecule has 2 nitrogen and oxygen atoms in total. The second kappa shape index (κ2) is 6.36. The predicted molar refractivity (Wildman–Crippen MR) is 78.4 cm³/mol. The van der Waals surface area contributed by atoms with E-state index in [-0.39, 0.29) is 5.78 Å². The lowest BCUT2D eigenvalue weighted by Crippen LogP contribution is -2.02. The summed E-state index contributed by atoms with van der Waals surface area (Å²) in [6.45, 7) is 0. The number of ketones is 1. The van der Waals surface area contributed by atoms with Gasteiger partial charge in [-0.05, 0) is 40.2 Å². The maximum atomic E-state index is 12.0. The van der Waals surface area contributed by atoms with Crippen LogP contribution in [0.3, 0.4) is 0 Å². The van der Waals surface area contributed by atoms with Gasteiger partial charge in [-0.3, -0.25) is 4.79 Å². The number of carbonyl (C=O) groups excluding carboxylic acids is 1. The van der Waals surface area contributed by atoms with E-state index in [0.717, 1.165) is 9.50 Å². The number of aromatic nitrogens is 1. The highest BCUT2D eigenvalue weighted by molar-refractivity contribution is 9.10. The second-order valence-electron chi connectivity index (χ2n) is 3.51. The molecule has 0 aliphatic carbocycles. The summed E-state index contributed by atoms with van der Waals surface area (Å²) in [6, 6.07) is 10.7. The van der Waals surface area contributed by atoms with E-state index < -0.39 is 0 Å². The Labute approximate surface area is 123 Å². The maximum Gasteiger partial charge on any atom is 0.173 e. The van der Waals surface area contributed by atoms with Gasteiger partial charge in [-0.25, -0.2) is 4.98 Å². The van der Waals surface area contributed by atoms with Crippen molar-refractivity contribution in [3.63, 3.8) is 0 Å². The van der Waals surface area contributed by atoms with E-state index >= 15 is 0 Å². The number of nitrogens with zero attached hydrogens (tertiary/aromatic N) is 1. The van der Waals surface area contributed by atoms with Crippen LogP contribution in [0, 0.1) is 0 Å². The number of hydrogen-bond donors (Lipinski definition) is 0. The smallest absolute Gasteiger partial charge is 0.173 e. The molecule has 2 aromatic rings. The Morgan fingerprint density at radius 2 is 2.17 bits per heavy atom. The Morgan fingerprint density at radius 1 is 1.33 bits per heavy atom. The Hall–Kier alpha value is -0.840. The van der Waals surface area contributed by atoms with Crippen LogP contribution in [-0.2, 0) is 0 Å². The van der Waals surface area contributed by atoms with Gasteiger partial charge in [0.15, 0.2) is 5.78 Å². The Balaban J connectivity index is 2.03. The number of hydrogen-bond acceptors (Lipinski definition) is 3. The molecule has 1 heterocycles. The first-order valence-electron chi connectivity index (χ1n) is 5.19. The summed E-state index contributed by atoms with van der Waals surface area (Å²) < 4.78 is 0.897. The molecular weight excluding hydrogens is 334 g/mol. The fourth-order valence-electron chi connectivity index (χ4n) is 1.36. The number of benzene rings is 1. The quantitative estimate of drug-likeness (QED) is 0.606. The minimum Gasteiger partial charge on any atom is -0.293 e. The molecule has 0 saturated carbocycles. The van der Waals surface area contributed by atoms with Gasteiger partial charge in [-0.2, -0.15) is 0 Å². The molecule has 1 aromatic carbocycles. The molecule has 0 N–H and O–H groups in total. The summed E-state index contributed by atoms with van der Waals surface area (Å²) >= 11 is 10.7. The molecule has 0 aliphatic heterocycles. The molecule has 0 aliphatic rings. The fraction of sp³-hybridized carbons (Fsp3) is 0.0769. The van der Waals surface area contributed by atoms with Gasteiger partial charge in [-0.15, -0.1) is 0 Å². The second-order valence-corrected chi connectivity index (χ2v) is 5.77. The molecule has 2 rings (SSSR count). The van der Waals surface area contributed by atoms with Crippen molar-refractivity contribution < 1.29 is 4.79 Å². The first kappa shape index (κ1) is 13.6. The summed E-state index contributed by atoms with van der Waals surface area (Å²) in [5.74, 6) is 0.385. The highest BCUT2D eigenvalue weighted by atomic mass is 79.9. The molecule has 0 saturated heterocycles. The van der Waals surface area contributed by atoms with Crippen LogP contribution >= 0.6 is 39.3 Å². The van der Waals surface area contributed by atoms with Crippen LogP contribution in [0.4, 0.5) is 0 Å². The maximum absolute atomic E-state index is 12.0. The van der Waals surface area contributed by atoms with E-state index in [1.807, 2.05) is 12.1 Å². The van der Waals surface area contributed by atoms with Crippen molar-refractivity contribution in [2.45, 2.75) is 5.03 Å². The molecule has 0 bridgehead atoms. The van der Waals surface area contributed by atoms with Crippen molar-refractivity contribution in [2.24, 2.45) is 0 Å². The van der Waals surface area contributed by atoms with Crippen LogP contribution in [0.15, 0.2) is 52.1 Å². The van der Waals surface area contributed by atoms with Gasteiger partial charge in [0.2, 0.25) is 0 Å². The van der Waals surface area contributed by atoms with E-state index in [2.05, 4.69) is 20.9 Å². The average Bonchev–Trinajstić information content (AvgIpc) is 2.37. The standard InChI is InChI=1S/C13H9BrClNOS/c14-11-5-2-6-16-13(11)18-8-12(17)9-3-1-4-10(15)7-9/h1-7H,8H2. The van der Waals surface area contributed by atoms with Crippen LogP contribution < -0.4 is 0 Å². The third kappa shape index (κ3) is 3.57. The third-order valence-corrected chi connectivity index (χ3v) is 4.35. The Bertz CT molecular complexity index is 576. The highest BCUT2D eigenvalue weighted by Gasteiger charge is 2.09. The summed E-state index contributed by atoms with van der Waals surface area (Å²) in [5.41, 5.74) is 0.627. The van der Waals surface area contributed by atoms with Crippen molar-refractivity contribution in [3.05, 3.63) is 57.7 Å². The van der Waals surface area contributed by atoms with Crippen LogP contribution in [0.2, 0.25) is 5.02 Å². The molecule has 0 spiro atoms. The molecule has 0 amide bonds. The molecule has 5 heteroatoms. The SMILES string of the molecule is O=C(CSc1ncccc1Br)c1cccc(Cl)c1. The fourth-order valence-corrected chi connectivity index (χ4v) is 2.92. The summed E-state index contributed by atoms with van der Waals surface area (Å²) in [4.78, 5) is 16.2. The normalized spacial score (nSPS) is 10.3. The minimum atomic E-state index is 0.0417. The molecule has 92 valence electrons. The monoisotopic (exact) mass is 341 g/mol. The number of rotatable bonds is 4. The first-order valence-corrected chi connectivity index (χ1v) is 7.34. The lowest BCUT2D eigenvalue weighted by atomic mass is 10.1. The van der Waals surface area contributed by atoms with Gasteiger partial charge in [0, 0.05) is 21.3 Å². The van der Waals surface area contributed by atoms with Crippen molar-refractivity contribution in [1.82, 2.24) is 4.98 Å². The number of halogens is 2. The number of Topliss-reactive ketones (excluding diaryl/α,β-unsaturated/α-hetero) is 1.